The zero-order valence-electron chi connectivity index (χ0n) is 9.95. The average molecular weight is 221 g/mol. The van der Waals surface area contributed by atoms with Crippen molar-refractivity contribution < 1.29 is 9.53 Å². The smallest absolute Gasteiger partial charge is 0.411 e. The van der Waals surface area contributed by atoms with Gasteiger partial charge in [-0.1, -0.05) is 37.5 Å². The summed E-state index contributed by atoms with van der Waals surface area (Å²) >= 11 is 0. The fourth-order valence-corrected chi connectivity index (χ4v) is 1.31. The van der Waals surface area contributed by atoms with E-state index in [1.54, 1.807) is 0 Å². The van der Waals surface area contributed by atoms with E-state index in [4.69, 9.17) is 4.74 Å². The molecule has 1 aromatic carbocycles. The van der Waals surface area contributed by atoms with Crippen molar-refractivity contribution in [1.82, 2.24) is 0 Å². The second kappa shape index (κ2) is 6.88. The van der Waals surface area contributed by atoms with Crippen LogP contribution in [0.25, 0.3) is 0 Å². The SMILES string of the molecule is CCCCCOC(=O)Nc1ccc(C)cc1. The number of hydrogen-bond donors (Lipinski definition) is 1. The van der Waals surface area contributed by atoms with Crippen LogP contribution in [-0.2, 0) is 4.74 Å². The van der Waals surface area contributed by atoms with Gasteiger partial charge in [-0.05, 0) is 25.5 Å². The van der Waals surface area contributed by atoms with Crippen molar-refractivity contribution in [3.63, 3.8) is 0 Å². The molecule has 16 heavy (non-hydrogen) atoms. The molecule has 0 saturated heterocycles. The first kappa shape index (κ1) is 12.6. The zero-order chi connectivity index (χ0) is 11.8. The van der Waals surface area contributed by atoms with E-state index in [2.05, 4.69) is 12.2 Å². The fourth-order valence-electron chi connectivity index (χ4n) is 1.31. The summed E-state index contributed by atoms with van der Waals surface area (Å²) in [4.78, 5) is 11.3. The number of anilines is 1. The van der Waals surface area contributed by atoms with Crippen LogP contribution in [0.4, 0.5) is 10.5 Å². The number of benzene rings is 1. The number of ether oxygens (including phenoxy) is 1. The molecule has 0 aliphatic carbocycles. The molecule has 1 aromatic rings. The molecule has 0 aliphatic heterocycles. The number of carbonyl (C=O) groups is 1. The Morgan fingerprint density at radius 1 is 1.25 bits per heavy atom. The van der Waals surface area contributed by atoms with Crippen molar-refractivity contribution in [3.05, 3.63) is 29.8 Å². The van der Waals surface area contributed by atoms with Crippen LogP contribution in [0.5, 0.6) is 0 Å². The highest BCUT2D eigenvalue weighted by molar-refractivity contribution is 5.84. The third-order valence-electron chi connectivity index (χ3n) is 2.28. The molecule has 3 nitrogen and oxygen atoms in total. The minimum absolute atomic E-state index is 0.375. The van der Waals surface area contributed by atoms with E-state index in [0.717, 1.165) is 24.9 Å². The lowest BCUT2D eigenvalue weighted by molar-refractivity contribution is 0.159. The third kappa shape index (κ3) is 4.82. The monoisotopic (exact) mass is 221 g/mol. The van der Waals surface area contributed by atoms with Crippen LogP contribution in [-0.4, -0.2) is 12.7 Å². The van der Waals surface area contributed by atoms with E-state index in [1.165, 1.54) is 5.56 Å². The van der Waals surface area contributed by atoms with Crippen LogP contribution >= 0.6 is 0 Å². The maximum absolute atomic E-state index is 11.3. The lowest BCUT2D eigenvalue weighted by atomic mass is 10.2. The second-order valence-electron chi connectivity index (χ2n) is 3.83. The molecule has 0 unspecified atom stereocenters. The van der Waals surface area contributed by atoms with E-state index >= 15 is 0 Å². The van der Waals surface area contributed by atoms with Gasteiger partial charge in [0.2, 0.25) is 0 Å². The highest BCUT2D eigenvalue weighted by atomic mass is 16.5. The topological polar surface area (TPSA) is 38.3 Å². The van der Waals surface area contributed by atoms with Crippen LogP contribution in [0.3, 0.4) is 0 Å². The molecule has 0 atom stereocenters. The van der Waals surface area contributed by atoms with Gasteiger partial charge >= 0.3 is 6.09 Å². The Morgan fingerprint density at radius 2 is 1.94 bits per heavy atom. The molecule has 88 valence electrons. The van der Waals surface area contributed by atoms with Crippen LogP contribution in [0, 0.1) is 6.92 Å². The van der Waals surface area contributed by atoms with Gasteiger partial charge in [0.15, 0.2) is 0 Å². The number of nitrogens with one attached hydrogen (secondary N) is 1. The van der Waals surface area contributed by atoms with Crippen LogP contribution in [0.2, 0.25) is 0 Å². The number of aryl methyl sites for hydroxylation is 1. The Morgan fingerprint density at radius 3 is 2.56 bits per heavy atom. The van der Waals surface area contributed by atoms with E-state index in [-0.39, 0.29) is 6.09 Å². The first-order valence-electron chi connectivity index (χ1n) is 5.73. The van der Waals surface area contributed by atoms with E-state index in [9.17, 15) is 4.79 Å². The van der Waals surface area contributed by atoms with Crippen molar-refractivity contribution in [1.29, 1.82) is 0 Å². The number of amides is 1. The first-order chi connectivity index (χ1) is 7.72. The van der Waals surface area contributed by atoms with Crippen molar-refractivity contribution >= 4 is 11.8 Å². The summed E-state index contributed by atoms with van der Waals surface area (Å²) < 4.78 is 5.03. The Hall–Kier alpha value is -1.51. The van der Waals surface area contributed by atoms with Gasteiger partial charge in [-0.3, -0.25) is 5.32 Å². The van der Waals surface area contributed by atoms with Crippen molar-refractivity contribution in [3.8, 4) is 0 Å². The summed E-state index contributed by atoms with van der Waals surface area (Å²) in [7, 11) is 0. The number of unbranched alkanes of at least 4 members (excludes halogenated alkanes) is 2. The second-order valence-corrected chi connectivity index (χ2v) is 3.83. The van der Waals surface area contributed by atoms with Gasteiger partial charge in [0.25, 0.3) is 0 Å². The molecule has 0 aliphatic rings. The molecule has 1 rings (SSSR count). The predicted molar refractivity (Wildman–Crippen MR) is 65.7 cm³/mol. The lowest BCUT2D eigenvalue weighted by Gasteiger charge is -2.06. The molecule has 1 amide bonds. The van der Waals surface area contributed by atoms with E-state index in [0.29, 0.717) is 6.61 Å². The van der Waals surface area contributed by atoms with Crippen molar-refractivity contribution in [2.24, 2.45) is 0 Å². The Labute approximate surface area is 96.8 Å². The molecule has 1 N–H and O–H groups in total. The molecule has 0 bridgehead atoms. The number of carbonyl (C=O) groups excluding carboxylic acids is 1. The van der Waals surface area contributed by atoms with Crippen LogP contribution in [0.1, 0.15) is 31.7 Å². The molecule has 0 heterocycles. The van der Waals surface area contributed by atoms with Crippen LogP contribution < -0.4 is 5.32 Å². The van der Waals surface area contributed by atoms with Crippen LogP contribution in [0.15, 0.2) is 24.3 Å². The Bertz CT molecular complexity index is 319. The van der Waals surface area contributed by atoms with Gasteiger partial charge < -0.3 is 4.74 Å². The molecule has 0 radical (unpaired) electrons. The molecule has 0 spiro atoms. The minimum atomic E-state index is -0.375. The number of rotatable bonds is 5. The Balaban J connectivity index is 2.26. The maximum Gasteiger partial charge on any atom is 0.411 e. The summed E-state index contributed by atoms with van der Waals surface area (Å²) in [5.41, 5.74) is 1.94. The number of hydrogen-bond acceptors (Lipinski definition) is 2. The van der Waals surface area contributed by atoms with E-state index in [1.807, 2.05) is 31.2 Å². The molecular weight excluding hydrogens is 202 g/mol. The summed E-state index contributed by atoms with van der Waals surface area (Å²) in [5, 5.41) is 2.68. The quantitative estimate of drug-likeness (QED) is 0.769. The van der Waals surface area contributed by atoms with Crippen molar-refractivity contribution in [2.45, 2.75) is 33.1 Å². The summed E-state index contributed by atoms with van der Waals surface area (Å²) in [6, 6.07) is 7.63. The molecule has 0 aromatic heterocycles. The molecule has 3 heteroatoms. The van der Waals surface area contributed by atoms with Gasteiger partial charge in [-0.15, -0.1) is 0 Å². The summed E-state index contributed by atoms with van der Waals surface area (Å²) in [6.07, 6.45) is 2.78. The summed E-state index contributed by atoms with van der Waals surface area (Å²) in [6.45, 7) is 4.62. The standard InChI is InChI=1S/C13H19NO2/c1-3-4-5-10-16-13(15)14-12-8-6-11(2)7-9-12/h6-9H,3-5,10H2,1-2H3,(H,14,15). The van der Waals surface area contributed by atoms with Gasteiger partial charge in [0, 0.05) is 5.69 Å². The van der Waals surface area contributed by atoms with Gasteiger partial charge in [0.05, 0.1) is 6.61 Å². The highest BCUT2D eigenvalue weighted by Gasteiger charge is 2.01. The molecular formula is C13H19NO2. The predicted octanol–water partition coefficient (Wildman–Crippen LogP) is 3.73. The Kier molecular flexibility index (Phi) is 5.40. The first-order valence-corrected chi connectivity index (χ1v) is 5.73. The molecule has 0 fully saturated rings. The normalized spacial score (nSPS) is 9.88. The average Bonchev–Trinajstić information content (AvgIpc) is 2.28. The third-order valence-corrected chi connectivity index (χ3v) is 2.28. The largest absolute Gasteiger partial charge is 0.449 e. The minimum Gasteiger partial charge on any atom is -0.449 e. The van der Waals surface area contributed by atoms with Gasteiger partial charge in [-0.2, -0.15) is 0 Å². The van der Waals surface area contributed by atoms with Gasteiger partial charge in [0.1, 0.15) is 0 Å². The highest BCUT2D eigenvalue weighted by Crippen LogP contribution is 2.08. The van der Waals surface area contributed by atoms with Crippen molar-refractivity contribution in [2.75, 3.05) is 11.9 Å². The summed E-state index contributed by atoms with van der Waals surface area (Å²) in [5.74, 6) is 0. The molecule has 0 saturated carbocycles. The fraction of sp³-hybridized carbons (Fsp3) is 0.462. The lowest BCUT2D eigenvalue weighted by Crippen LogP contribution is -2.14. The van der Waals surface area contributed by atoms with Gasteiger partial charge in [-0.25, -0.2) is 4.79 Å². The van der Waals surface area contributed by atoms with E-state index < -0.39 is 0 Å². The zero-order valence-corrected chi connectivity index (χ0v) is 9.95. The maximum atomic E-state index is 11.3.